The molecule has 2 aliphatic rings. The molecule has 12 heavy (non-hydrogen) atoms. The number of carboxylic acids is 1. The van der Waals surface area contributed by atoms with Crippen LogP contribution in [0.2, 0.25) is 0 Å². The molecule has 3 heteroatoms. The Morgan fingerprint density at radius 2 is 2.17 bits per heavy atom. The summed E-state index contributed by atoms with van der Waals surface area (Å²) in [4.78, 5) is 10.9. The minimum Gasteiger partial charge on any atom is -0.479 e. The smallest absolute Gasteiger partial charge is 0.336 e. The molecule has 0 radical (unpaired) electrons. The standard InChI is InChI=1S/C9H14O3/c1-5-6-2-3-7(4-6)9(5,12)8(10)11/h5-7,12H,2-4H2,1H3,(H,10,11)/t5-,6+,7-,9+/m1/s1. The molecule has 68 valence electrons. The van der Waals surface area contributed by atoms with Crippen LogP contribution in [0.5, 0.6) is 0 Å². The number of carboxylic acid groups (broad SMARTS) is 1. The average Bonchev–Trinajstić information content (AvgIpc) is 2.55. The van der Waals surface area contributed by atoms with E-state index in [0.29, 0.717) is 5.92 Å². The van der Waals surface area contributed by atoms with E-state index < -0.39 is 11.6 Å². The largest absolute Gasteiger partial charge is 0.479 e. The SMILES string of the molecule is C[C@@H]1[C@H]2CC[C@H](C2)[C@]1(O)C(=O)O. The molecule has 2 N–H and O–H groups in total. The molecule has 0 heterocycles. The predicted molar refractivity (Wildman–Crippen MR) is 42.6 cm³/mol. The number of aliphatic hydroxyl groups is 1. The number of hydrogen-bond donors (Lipinski definition) is 2. The van der Waals surface area contributed by atoms with Crippen LogP contribution in [0.4, 0.5) is 0 Å². The molecule has 0 aromatic carbocycles. The summed E-state index contributed by atoms with van der Waals surface area (Å²) in [6.07, 6.45) is 2.89. The molecule has 0 amide bonds. The van der Waals surface area contributed by atoms with Crippen LogP contribution in [-0.2, 0) is 4.79 Å². The third kappa shape index (κ3) is 0.724. The van der Waals surface area contributed by atoms with Crippen molar-refractivity contribution in [3.63, 3.8) is 0 Å². The van der Waals surface area contributed by atoms with Crippen LogP contribution < -0.4 is 0 Å². The van der Waals surface area contributed by atoms with E-state index in [4.69, 9.17) is 5.11 Å². The van der Waals surface area contributed by atoms with E-state index in [-0.39, 0.29) is 11.8 Å². The van der Waals surface area contributed by atoms with Gasteiger partial charge in [-0.25, -0.2) is 4.79 Å². The van der Waals surface area contributed by atoms with Gasteiger partial charge in [0.15, 0.2) is 5.60 Å². The monoisotopic (exact) mass is 170 g/mol. The van der Waals surface area contributed by atoms with Crippen molar-refractivity contribution in [2.45, 2.75) is 31.8 Å². The van der Waals surface area contributed by atoms with Crippen LogP contribution >= 0.6 is 0 Å². The van der Waals surface area contributed by atoms with E-state index >= 15 is 0 Å². The van der Waals surface area contributed by atoms with Gasteiger partial charge in [-0.2, -0.15) is 0 Å². The topological polar surface area (TPSA) is 57.5 Å². The van der Waals surface area contributed by atoms with Crippen LogP contribution in [0.3, 0.4) is 0 Å². The van der Waals surface area contributed by atoms with Crippen molar-refractivity contribution in [3.8, 4) is 0 Å². The number of aliphatic carboxylic acids is 1. The van der Waals surface area contributed by atoms with Crippen molar-refractivity contribution >= 4 is 5.97 Å². The van der Waals surface area contributed by atoms with Crippen LogP contribution in [0.15, 0.2) is 0 Å². The molecule has 0 aromatic rings. The highest BCUT2D eigenvalue weighted by molar-refractivity contribution is 5.78. The molecule has 2 fully saturated rings. The molecule has 4 atom stereocenters. The van der Waals surface area contributed by atoms with Gasteiger partial charge >= 0.3 is 5.97 Å². The zero-order valence-corrected chi connectivity index (χ0v) is 7.16. The Bertz CT molecular complexity index is 222. The van der Waals surface area contributed by atoms with Crippen molar-refractivity contribution in [2.24, 2.45) is 17.8 Å². The first-order valence-electron chi connectivity index (χ1n) is 4.52. The van der Waals surface area contributed by atoms with E-state index in [1.54, 1.807) is 0 Å². The fourth-order valence-electron chi connectivity index (χ4n) is 2.97. The fourth-order valence-corrected chi connectivity index (χ4v) is 2.97. The molecular weight excluding hydrogens is 156 g/mol. The second-order valence-corrected chi connectivity index (χ2v) is 4.19. The van der Waals surface area contributed by atoms with E-state index in [1.807, 2.05) is 6.92 Å². The van der Waals surface area contributed by atoms with E-state index in [9.17, 15) is 9.90 Å². The Morgan fingerprint density at radius 3 is 2.50 bits per heavy atom. The van der Waals surface area contributed by atoms with Gasteiger partial charge in [0, 0.05) is 0 Å². The van der Waals surface area contributed by atoms with Crippen LogP contribution in [-0.4, -0.2) is 21.8 Å². The fraction of sp³-hybridized carbons (Fsp3) is 0.889. The van der Waals surface area contributed by atoms with Crippen molar-refractivity contribution < 1.29 is 15.0 Å². The molecule has 3 nitrogen and oxygen atoms in total. The molecule has 0 spiro atoms. The molecule has 2 aliphatic carbocycles. The van der Waals surface area contributed by atoms with Crippen LogP contribution in [0.1, 0.15) is 26.2 Å². The van der Waals surface area contributed by atoms with E-state index in [2.05, 4.69) is 0 Å². The number of carbonyl (C=O) groups is 1. The molecule has 0 saturated heterocycles. The molecule has 0 aliphatic heterocycles. The summed E-state index contributed by atoms with van der Waals surface area (Å²) >= 11 is 0. The van der Waals surface area contributed by atoms with Gasteiger partial charge in [-0.15, -0.1) is 0 Å². The lowest BCUT2D eigenvalue weighted by Crippen LogP contribution is -2.49. The summed E-state index contributed by atoms with van der Waals surface area (Å²) in [5.74, 6) is -0.637. The number of rotatable bonds is 1. The summed E-state index contributed by atoms with van der Waals surface area (Å²) in [6, 6.07) is 0. The zero-order valence-electron chi connectivity index (χ0n) is 7.16. The van der Waals surface area contributed by atoms with Gasteiger partial charge in [0.2, 0.25) is 0 Å². The zero-order chi connectivity index (χ0) is 8.93. The second-order valence-electron chi connectivity index (χ2n) is 4.19. The Hall–Kier alpha value is -0.570. The van der Waals surface area contributed by atoms with Crippen molar-refractivity contribution in [3.05, 3.63) is 0 Å². The average molecular weight is 170 g/mol. The Kier molecular flexibility index (Phi) is 1.49. The molecular formula is C9H14O3. The number of hydrogen-bond acceptors (Lipinski definition) is 2. The first kappa shape index (κ1) is 8.05. The van der Waals surface area contributed by atoms with Gasteiger partial charge in [-0.05, 0) is 37.0 Å². The van der Waals surface area contributed by atoms with Gasteiger partial charge < -0.3 is 10.2 Å². The first-order chi connectivity index (χ1) is 5.56. The van der Waals surface area contributed by atoms with Gasteiger partial charge in [0.05, 0.1) is 0 Å². The van der Waals surface area contributed by atoms with Gasteiger partial charge in [-0.1, -0.05) is 6.92 Å². The molecule has 0 aromatic heterocycles. The molecule has 2 bridgehead atoms. The highest BCUT2D eigenvalue weighted by atomic mass is 16.4. The third-order valence-corrected chi connectivity index (χ3v) is 3.84. The second kappa shape index (κ2) is 2.22. The van der Waals surface area contributed by atoms with Crippen LogP contribution in [0, 0.1) is 17.8 Å². The van der Waals surface area contributed by atoms with Gasteiger partial charge in [0.1, 0.15) is 0 Å². The lowest BCUT2D eigenvalue weighted by molar-refractivity contribution is -0.170. The maximum absolute atomic E-state index is 10.9. The van der Waals surface area contributed by atoms with Crippen molar-refractivity contribution in [1.82, 2.24) is 0 Å². The van der Waals surface area contributed by atoms with Crippen molar-refractivity contribution in [1.29, 1.82) is 0 Å². The van der Waals surface area contributed by atoms with Gasteiger partial charge in [-0.3, -0.25) is 0 Å². The minimum absolute atomic E-state index is 0.00926. The third-order valence-electron chi connectivity index (χ3n) is 3.84. The van der Waals surface area contributed by atoms with E-state index in [0.717, 1.165) is 19.3 Å². The highest BCUT2D eigenvalue weighted by Gasteiger charge is 2.59. The summed E-state index contributed by atoms with van der Waals surface area (Å²) in [5.41, 5.74) is -1.41. The Balaban J connectivity index is 2.32. The maximum Gasteiger partial charge on any atom is 0.336 e. The first-order valence-corrected chi connectivity index (χ1v) is 4.52. The molecule has 2 saturated carbocycles. The minimum atomic E-state index is -1.41. The summed E-state index contributed by atoms with van der Waals surface area (Å²) in [7, 11) is 0. The quantitative estimate of drug-likeness (QED) is 0.614. The maximum atomic E-state index is 10.9. The highest BCUT2D eigenvalue weighted by Crippen LogP contribution is 2.54. The lowest BCUT2D eigenvalue weighted by Gasteiger charge is -2.33. The van der Waals surface area contributed by atoms with E-state index in [1.165, 1.54) is 0 Å². The predicted octanol–water partition coefficient (Wildman–Crippen LogP) is 0.868. The molecule has 2 rings (SSSR count). The Morgan fingerprint density at radius 1 is 1.50 bits per heavy atom. The summed E-state index contributed by atoms with van der Waals surface area (Å²) in [5, 5.41) is 18.8. The summed E-state index contributed by atoms with van der Waals surface area (Å²) < 4.78 is 0. The lowest BCUT2D eigenvalue weighted by atomic mass is 9.76. The normalized spacial score (nSPS) is 51.3. The van der Waals surface area contributed by atoms with Crippen LogP contribution in [0.25, 0.3) is 0 Å². The van der Waals surface area contributed by atoms with Crippen molar-refractivity contribution in [2.75, 3.05) is 0 Å². The Labute approximate surface area is 71.4 Å². The van der Waals surface area contributed by atoms with Gasteiger partial charge in [0.25, 0.3) is 0 Å². The number of fused-ring (bicyclic) bond motifs is 2. The molecule has 0 unspecified atom stereocenters. The summed E-state index contributed by atoms with van der Waals surface area (Å²) in [6.45, 7) is 1.86.